The van der Waals surface area contributed by atoms with Crippen LogP contribution in [0.15, 0.2) is 16.6 Å². The highest BCUT2D eigenvalue weighted by molar-refractivity contribution is 14.2. The molecule has 0 radical (unpaired) electrons. The van der Waals surface area contributed by atoms with Gasteiger partial charge in [0.05, 0.1) is 24.2 Å². The zero-order valence-corrected chi connectivity index (χ0v) is 13.7. The lowest BCUT2D eigenvalue weighted by Gasteiger charge is -2.04. The minimum Gasteiger partial charge on any atom is -0.380 e. The van der Waals surface area contributed by atoms with Crippen molar-refractivity contribution in [3.63, 3.8) is 0 Å². The van der Waals surface area contributed by atoms with Crippen LogP contribution in [0.3, 0.4) is 0 Å². The van der Waals surface area contributed by atoms with Crippen LogP contribution in [0.2, 0.25) is 0 Å². The third kappa shape index (κ3) is 2.28. The van der Waals surface area contributed by atoms with Gasteiger partial charge in [0.25, 0.3) is 0 Å². The summed E-state index contributed by atoms with van der Waals surface area (Å²) in [7, 11) is 1.71. The monoisotopic (exact) mass is 412 g/mol. The van der Waals surface area contributed by atoms with Crippen molar-refractivity contribution < 1.29 is 4.74 Å². The number of methoxy groups -OCH3 is 1. The van der Waals surface area contributed by atoms with Crippen LogP contribution in [-0.4, -0.2) is 16.7 Å². The van der Waals surface area contributed by atoms with Crippen molar-refractivity contribution in [2.45, 2.75) is 13.5 Å². The smallest absolute Gasteiger partial charge is 0.0747 e. The summed E-state index contributed by atoms with van der Waals surface area (Å²) in [5.74, 6) is 0. The summed E-state index contributed by atoms with van der Waals surface area (Å²) < 4.78 is 8.34. The molecule has 3 nitrogen and oxygen atoms in total. The Hall–Kier alpha value is 0.290. The van der Waals surface area contributed by atoms with Crippen LogP contribution in [0.25, 0.3) is 10.9 Å². The van der Waals surface area contributed by atoms with Crippen LogP contribution in [0.4, 0.5) is 0 Å². The first kappa shape index (κ1) is 12.7. The van der Waals surface area contributed by atoms with Crippen LogP contribution in [-0.2, 0) is 11.3 Å². The highest BCUT2D eigenvalue weighted by atomic mass is 127. The van der Waals surface area contributed by atoms with Crippen LogP contribution in [0.1, 0.15) is 11.3 Å². The van der Waals surface area contributed by atoms with Gasteiger partial charge in [0.2, 0.25) is 0 Å². The Morgan fingerprint density at radius 3 is 2.94 bits per heavy atom. The minimum atomic E-state index is 0.613. The molecular weight excluding hydrogens is 402 g/mol. The van der Waals surface area contributed by atoms with Crippen LogP contribution in [0.5, 0.6) is 0 Å². The maximum absolute atomic E-state index is 5.23. The summed E-state index contributed by atoms with van der Waals surface area (Å²) >= 11 is 5.87. The van der Waals surface area contributed by atoms with Crippen molar-refractivity contribution in [1.29, 1.82) is 0 Å². The van der Waals surface area contributed by atoms with Crippen LogP contribution in [0, 0.1) is 6.92 Å². The number of hydrogen-bond acceptors (Lipinski definition) is 2. The molecule has 6 heteroatoms. The lowest BCUT2D eigenvalue weighted by Crippen LogP contribution is -1.90. The Bertz CT molecular complexity index is 529. The summed E-state index contributed by atoms with van der Waals surface area (Å²) in [4.78, 5) is 0. The number of aryl methyl sites for hydroxylation is 1. The van der Waals surface area contributed by atoms with Crippen molar-refractivity contribution in [2.75, 3.05) is 7.11 Å². The zero-order chi connectivity index (χ0) is 11.7. The fraction of sp³-hybridized carbons (Fsp3) is 0.300. The molecular formula is C10H11BrIN2OP. The second-order valence-corrected chi connectivity index (χ2v) is 6.43. The van der Waals surface area contributed by atoms with Gasteiger partial charge < -0.3 is 4.74 Å². The fourth-order valence-corrected chi connectivity index (χ4v) is 3.87. The molecule has 0 saturated heterocycles. The first-order valence-electron chi connectivity index (χ1n) is 4.70. The van der Waals surface area contributed by atoms with E-state index in [-0.39, 0.29) is 0 Å². The van der Waals surface area contributed by atoms with Crippen molar-refractivity contribution in [3.8, 4) is 0 Å². The SMILES string of the molecule is COCc1cc(Br)cc2c1c(C)nn2PI. The van der Waals surface area contributed by atoms with Gasteiger partial charge in [-0.25, -0.2) is 4.45 Å². The molecule has 0 aliphatic heterocycles. The molecule has 2 aromatic rings. The van der Waals surface area contributed by atoms with E-state index in [1.54, 1.807) is 7.11 Å². The van der Waals surface area contributed by atoms with Gasteiger partial charge in [0.15, 0.2) is 0 Å². The van der Waals surface area contributed by atoms with E-state index in [4.69, 9.17) is 4.74 Å². The highest BCUT2D eigenvalue weighted by Crippen LogP contribution is 2.34. The largest absolute Gasteiger partial charge is 0.380 e. The second kappa shape index (κ2) is 5.29. The Morgan fingerprint density at radius 1 is 1.56 bits per heavy atom. The van der Waals surface area contributed by atoms with E-state index < -0.39 is 0 Å². The maximum Gasteiger partial charge on any atom is 0.0747 e. The number of rotatable bonds is 3. The molecule has 86 valence electrons. The predicted octanol–water partition coefficient (Wildman–Crippen LogP) is 4.05. The number of benzene rings is 1. The number of halogens is 2. The Balaban J connectivity index is 2.75. The summed E-state index contributed by atoms with van der Waals surface area (Å²) in [5, 5.41) is 5.75. The van der Waals surface area contributed by atoms with E-state index in [0.29, 0.717) is 13.0 Å². The summed E-state index contributed by atoms with van der Waals surface area (Å²) in [6.07, 6.45) is 0.613. The molecule has 16 heavy (non-hydrogen) atoms. The molecule has 0 bridgehead atoms. The summed E-state index contributed by atoms with van der Waals surface area (Å²) in [6.45, 7) is 2.66. The van der Waals surface area contributed by atoms with Crippen molar-refractivity contribution in [3.05, 3.63) is 27.9 Å². The third-order valence-electron chi connectivity index (χ3n) is 2.38. The number of fused-ring (bicyclic) bond motifs is 1. The highest BCUT2D eigenvalue weighted by Gasteiger charge is 2.12. The predicted molar refractivity (Wildman–Crippen MR) is 80.6 cm³/mol. The molecule has 0 fully saturated rings. The minimum absolute atomic E-state index is 0.613. The first-order valence-corrected chi connectivity index (χ1v) is 9.56. The number of ether oxygens (including phenoxy) is 1. The lowest BCUT2D eigenvalue weighted by molar-refractivity contribution is 0.186. The quantitative estimate of drug-likeness (QED) is 0.561. The van der Waals surface area contributed by atoms with Crippen LogP contribution >= 0.6 is 44.3 Å². The molecule has 1 aromatic heterocycles. The van der Waals surface area contributed by atoms with Gasteiger partial charge in [0, 0.05) is 17.0 Å². The maximum atomic E-state index is 5.23. The molecule has 0 aliphatic carbocycles. The van der Waals surface area contributed by atoms with Gasteiger partial charge >= 0.3 is 0 Å². The third-order valence-corrected chi connectivity index (χ3v) is 4.71. The van der Waals surface area contributed by atoms with Crippen LogP contribution < -0.4 is 0 Å². The topological polar surface area (TPSA) is 27.1 Å². The van der Waals surface area contributed by atoms with E-state index in [1.807, 2.05) is 11.4 Å². The molecule has 0 N–H and O–H groups in total. The molecule has 0 saturated carbocycles. The van der Waals surface area contributed by atoms with Crippen molar-refractivity contribution in [2.24, 2.45) is 0 Å². The molecule has 1 atom stereocenters. The zero-order valence-electron chi connectivity index (χ0n) is 8.92. The molecule has 0 aliphatic rings. The fourth-order valence-electron chi connectivity index (χ4n) is 1.82. The van der Waals surface area contributed by atoms with Gasteiger partial charge in [-0.1, -0.05) is 15.9 Å². The van der Waals surface area contributed by atoms with Gasteiger partial charge in [-0.15, -0.1) is 0 Å². The van der Waals surface area contributed by atoms with Crippen molar-refractivity contribution in [1.82, 2.24) is 9.55 Å². The standard InChI is InChI=1S/C10H11BrIN2OP/c1-6-10-7(5-15-2)3-8(11)4-9(10)14(13-6)16-12/h3-4,16H,5H2,1-2H3. The van der Waals surface area contributed by atoms with Gasteiger partial charge in [-0.2, -0.15) is 5.10 Å². The van der Waals surface area contributed by atoms with E-state index in [2.05, 4.69) is 55.2 Å². The summed E-state index contributed by atoms with van der Waals surface area (Å²) in [6, 6.07) is 4.21. The Kier molecular flexibility index (Phi) is 4.21. The van der Waals surface area contributed by atoms with E-state index >= 15 is 0 Å². The average molecular weight is 413 g/mol. The van der Waals surface area contributed by atoms with Gasteiger partial charge in [-0.3, -0.25) is 0 Å². The van der Waals surface area contributed by atoms with E-state index in [1.165, 1.54) is 16.5 Å². The lowest BCUT2D eigenvalue weighted by atomic mass is 10.1. The normalized spacial score (nSPS) is 12.0. The Labute approximate surface area is 117 Å². The van der Waals surface area contributed by atoms with E-state index in [0.717, 1.165) is 10.2 Å². The van der Waals surface area contributed by atoms with E-state index in [9.17, 15) is 0 Å². The molecule has 0 amide bonds. The molecule has 0 spiro atoms. The number of nitrogens with zero attached hydrogens (tertiary/aromatic N) is 2. The first-order chi connectivity index (χ1) is 7.67. The average Bonchev–Trinajstić information content (AvgIpc) is 2.55. The Morgan fingerprint density at radius 2 is 2.31 bits per heavy atom. The number of hydrogen-bond donors (Lipinski definition) is 0. The van der Waals surface area contributed by atoms with Gasteiger partial charge in [0.1, 0.15) is 0 Å². The molecule has 1 heterocycles. The van der Waals surface area contributed by atoms with Crippen molar-refractivity contribution >= 4 is 55.2 Å². The summed E-state index contributed by atoms with van der Waals surface area (Å²) in [5.41, 5.74) is 3.43. The molecule has 1 aromatic carbocycles. The van der Waals surface area contributed by atoms with Gasteiger partial charge in [-0.05, 0) is 46.7 Å². The second-order valence-electron chi connectivity index (χ2n) is 3.47. The number of aromatic nitrogens is 2. The molecule has 2 rings (SSSR count). The molecule has 1 unspecified atom stereocenters.